The van der Waals surface area contributed by atoms with Crippen LogP contribution in [0.25, 0.3) is 0 Å². The van der Waals surface area contributed by atoms with Gasteiger partial charge in [-0.2, -0.15) is 5.26 Å². The minimum Gasteiger partial charge on any atom is -0.492 e. The van der Waals surface area contributed by atoms with Crippen LogP contribution in [0.4, 0.5) is 0 Å². The normalized spacial score (nSPS) is 30.9. The zero-order valence-electron chi connectivity index (χ0n) is 10.9. The summed E-state index contributed by atoms with van der Waals surface area (Å²) in [5.41, 5.74) is 0.282. The molecule has 0 bridgehead atoms. The quantitative estimate of drug-likeness (QED) is 0.571. The van der Waals surface area contributed by atoms with Gasteiger partial charge in [-0.3, -0.25) is 4.67 Å². The number of aldehydes is 1. The van der Waals surface area contributed by atoms with Crippen molar-refractivity contribution in [3.8, 4) is 6.07 Å². The van der Waals surface area contributed by atoms with Crippen LogP contribution < -0.4 is 0 Å². The second-order valence-electron chi connectivity index (χ2n) is 4.89. The highest BCUT2D eigenvalue weighted by atomic mass is 31.0. The predicted octanol–water partition coefficient (Wildman–Crippen LogP) is 1.98. The van der Waals surface area contributed by atoms with E-state index < -0.39 is 5.41 Å². The van der Waals surface area contributed by atoms with Gasteiger partial charge in [0.05, 0.1) is 11.5 Å². The van der Waals surface area contributed by atoms with Crippen molar-refractivity contribution in [3.05, 3.63) is 35.6 Å². The van der Waals surface area contributed by atoms with E-state index in [2.05, 4.69) is 15.5 Å². The van der Waals surface area contributed by atoms with Gasteiger partial charge in [-0.05, 0) is 13.0 Å². The number of hydrogen-bond acceptors (Lipinski definition) is 4. The maximum atomic E-state index is 10.9. The molecular weight excluding hydrogens is 259 g/mol. The van der Waals surface area contributed by atoms with E-state index in [1.54, 1.807) is 0 Å². The third kappa shape index (κ3) is 2.94. The molecule has 3 atom stereocenters. The third-order valence-corrected chi connectivity index (χ3v) is 3.98. The number of rotatable bonds is 2. The fourth-order valence-electron chi connectivity index (χ4n) is 2.26. The molecule has 4 nitrogen and oxygen atoms in total. The summed E-state index contributed by atoms with van der Waals surface area (Å²) in [6, 6.07) is 2.24. The Morgan fingerprint density at radius 3 is 3.21 bits per heavy atom. The molecule has 0 amide bonds. The highest BCUT2D eigenvalue weighted by Crippen LogP contribution is 2.33. The fourth-order valence-corrected chi connectivity index (χ4v) is 2.64. The van der Waals surface area contributed by atoms with Gasteiger partial charge >= 0.3 is 0 Å². The fraction of sp³-hybridized carbons (Fsp3) is 0.429. The van der Waals surface area contributed by atoms with Crippen molar-refractivity contribution in [1.82, 2.24) is 4.67 Å². The molecule has 1 fully saturated rings. The van der Waals surface area contributed by atoms with Gasteiger partial charge in [0.25, 0.3) is 0 Å². The summed E-state index contributed by atoms with van der Waals surface area (Å²) in [7, 11) is 2.65. The van der Waals surface area contributed by atoms with Crippen molar-refractivity contribution in [1.29, 1.82) is 5.26 Å². The van der Waals surface area contributed by atoms with E-state index in [0.717, 1.165) is 18.4 Å². The summed E-state index contributed by atoms with van der Waals surface area (Å²) in [6.07, 6.45) is 8.81. The number of fused-ring (bicyclic) bond motifs is 1. The van der Waals surface area contributed by atoms with E-state index in [9.17, 15) is 10.1 Å². The molecule has 2 rings (SSSR count). The molecule has 5 heteroatoms. The van der Waals surface area contributed by atoms with Crippen LogP contribution in [-0.4, -0.2) is 30.2 Å². The van der Waals surface area contributed by atoms with Crippen LogP contribution in [-0.2, 0) is 9.53 Å². The molecule has 19 heavy (non-hydrogen) atoms. The predicted molar refractivity (Wildman–Crippen MR) is 75.9 cm³/mol. The molecule has 100 valence electrons. The molecule has 0 saturated carbocycles. The number of carbonyl (C=O) groups is 1. The summed E-state index contributed by atoms with van der Waals surface area (Å²) < 4.78 is 7.79. The second kappa shape index (κ2) is 5.69. The van der Waals surface area contributed by atoms with Crippen molar-refractivity contribution < 1.29 is 9.53 Å². The molecule has 1 heterocycles. The minimum absolute atomic E-state index is 0.0260. The number of nitriles is 1. The third-order valence-electron chi connectivity index (χ3n) is 3.36. The van der Waals surface area contributed by atoms with Crippen molar-refractivity contribution >= 4 is 15.7 Å². The smallest absolute Gasteiger partial charge is 0.122 e. The van der Waals surface area contributed by atoms with Gasteiger partial charge in [-0.1, -0.05) is 27.6 Å². The molecule has 0 spiro atoms. The topological polar surface area (TPSA) is 53.3 Å². The molecule has 0 N–H and O–H groups in total. The van der Waals surface area contributed by atoms with Crippen LogP contribution in [0.5, 0.6) is 0 Å². The first-order chi connectivity index (χ1) is 9.09. The molecule has 0 radical (unpaired) electrons. The average Bonchev–Trinajstić information content (AvgIpc) is 2.63. The summed E-state index contributed by atoms with van der Waals surface area (Å²) in [5.74, 6) is 0.714. The van der Waals surface area contributed by atoms with Gasteiger partial charge in [-0.25, -0.2) is 0 Å². The standard InChI is InChI=1S/C14H17N2O2P/c1-14(10-15)5-2-3-11-12(4-7-17)16(19)6-8-18-13(11)9-14/h2-3,5,7,9,12H,4,6,8,19H2,1H3. The monoisotopic (exact) mass is 276 g/mol. The zero-order chi connectivity index (χ0) is 13.9. The van der Waals surface area contributed by atoms with Crippen molar-refractivity contribution in [3.63, 3.8) is 0 Å². The van der Waals surface area contributed by atoms with Crippen LogP contribution in [0, 0.1) is 16.7 Å². The highest BCUT2D eigenvalue weighted by Gasteiger charge is 2.30. The Morgan fingerprint density at radius 1 is 1.74 bits per heavy atom. The van der Waals surface area contributed by atoms with E-state index in [1.165, 1.54) is 0 Å². The van der Waals surface area contributed by atoms with Crippen molar-refractivity contribution in [2.75, 3.05) is 13.2 Å². The van der Waals surface area contributed by atoms with Crippen LogP contribution >= 0.6 is 9.39 Å². The van der Waals surface area contributed by atoms with Crippen LogP contribution in [0.1, 0.15) is 13.3 Å². The first kappa shape index (κ1) is 14.0. The lowest BCUT2D eigenvalue weighted by Gasteiger charge is -2.24. The molecule has 0 aromatic heterocycles. The first-order valence-electron chi connectivity index (χ1n) is 6.21. The largest absolute Gasteiger partial charge is 0.492 e. The van der Waals surface area contributed by atoms with Crippen LogP contribution in [0.3, 0.4) is 0 Å². The number of ether oxygens (including phenoxy) is 1. The maximum absolute atomic E-state index is 10.9. The number of nitrogens with zero attached hydrogens (tertiary/aromatic N) is 2. The Balaban J connectivity index is 2.44. The van der Waals surface area contributed by atoms with E-state index in [4.69, 9.17) is 4.74 Å². The lowest BCUT2D eigenvalue weighted by Crippen LogP contribution is -2.29. The number of hydrogen-bond donors (Lipinski definition) is 0. The summed E-state index contributed by atoms with van der Waals surface area (Å²) in [6.45, 7) is 3.11. The van der Waals surface area contributed by atoms with E-state index >= 15 is 0 Å². The Hall–Kier alpha value is -1.43. The Morgan fingerprint density at radius 2 is 2.53 bits per heavy atom. The Labute approximate surface area is 115 Å². The van der Waals surface area contributed by atoms with E-state index in [0.29, 0.717) is 18.8 Å². The van der Waals surface area contributed by atoms with Crippen molar-refractivity contribution in [2.24, 2.45) is 5.41 Å². The van der Waals surface area contributed by atoms with Gasteiger partial charge in [0, 0.05) is 24.6 Å². The highest BCUT2D eigenvalue weighted by molar-refractivity contribution is 7.13. The molecule has 1 saturated heterocycles. The first-order valence-corrected chi connectivity index (χ1v) is 6.73. The Bertz CT molecular complexity index is 504. The molecule has 1 aliphatic carbocycles. The Kier molecular flexibility index (Phi) is 4.19. The lowest BCUT2D eigenvalue weighted by atomic mass is 9.91. The van der Waals surface area contributed by atoms with Gasteiger partial charge in [0.1, 0.15) is 18.7 Å². The molecule has 0 aromatic carbocycles. The summed E-state index contributed by atoms with van der Waals surface area (Å²) in [4.78, 5) is 10.9. The minimum atomic E-state index is -0.671. The van der Waals surface area contributed by atoms with Gasteiger partial charge in [-0.15, -0.1) is 0 Å². The van der Waals surface area contributed by atoms with E-state index in [1.807, 2.05) is 35.9 Å². The molecule has 1 aliphatic heterocycles. The van der Waals surface area contributed by atoms with Gasteiger partial charge in [0.15, 0.2) is 0 Å². The molecule has 2 aliphatic rings. The average molecular weight is 276 g/mol. The summed E-state index contributed by atoms with van der Waals surface area (Å²) in [5, 5.41) is 9.26. The van der Waals surface area contributed by atoms with Crippen LogP contribution in [0.2, 0.25) is 0 Å². The van der Waals surface area contributed by atoms with E-state index in [-0.39, 0.29) is 6.04 Å². The maximum Gasteiger partial charge on any atom is 0.122 e. The molecule has 0 aromatic rings. The van der Waals surface area contributed by atoms with Gasteiger partial charge < -0.3 is 9.53 Å². The lowest BCUT2D eigenvalue weighted by molar-refractivity contribution is -0.108. The summed E-state index contributed by atoms with van der Waals surface area (Å²) >= 11 is 0. The zero-order valence-corrected chi connectivity index (χ0v) is 12.0. The molecule has 3 unspecified atom stereocenters. The number of carbonyl (C=O) groups excluding carboxylic acids is 1. The second-order valence-corrected chi connectivity index (χ2v) is 5.55. The SMILES string of the molecule is CC1(C#N)C=CC=C2C(=C1)OCCN(P)C2CC=O. The molecular formula is C14H17N2O2P. The van der Waals surface area contributed by atoms with Crippen LogP contribution in [0.15, 0.2) is 35.6 Å². The van der Waals surface area contributed by atoms with Crippen molar-refractivity contribution in [2.45, 2.75) is 19.4 Å². The van der Waals surface area contributed by atoms with Gasteiger partial charge in [0.2, 0.25) is 0 Å². The number of allylic oxidation sites excluding steroid dienone is 4.